The van der Waals surface area contributed by atoms with Crippen molar-refractivity contribution >= 4 is 34.7 Å². The third kappa shape index (κ3) is 3.99. The highest BCUT2D eigenvalue weighted by Crippen LogP contribution is 2.27. The van der Waals surface area contributed by atoms with Crippen LogP contribution in [0.5, 0.6) is 0 Å². The number of hydrogen-bond acceptors (Lipinski definition) is 4. The summed E-state index contributed by atoms with van der Waals surface area (Å²) >= 11 is 7.33. The van der Waals surface area contributed by atoms with Crippen LogP contribution in [0.15, 0.2) is 41.9 Å². The zero-order valence-electron chi connectivity index (χ0n) is 13.3. The Balaban J connectivity index is 1.69. The van der Waals surface area contributed by atoms with Crippen molar-refractivity contribution in [2.24, 2.45) is 0 Å². The molecule has 24 heavy (non-hydrogen) atoms. The lowest BCUT2D eigenvalue weighted by molar-refractivity contribution is -0.115. The third-order valence-electron chi connectivity index (χ3n) is 3.50. The first-order valence-corrected chi connectivity index (χ1v) is 8.70. The van der Waals surface area contributed by atoms with E-state index in [-0.39, 0.29) is 12.3 Å². The van der Waals surface area contributed by atoms with Crippen molar-refractivity contribution in [3.05, 3.63) is 63.8 Å². The quantitative estimate of drug-likeness (QED) is 0.739. The van der Waals surface area contributed by atoms with Crippen molar-refractivity contribution < 1.29 is 4.79 Å². The summed E-state index contributed by atoms with van der Waals surface area (Å²) in [5.41, 5.74) is 4.27. The summed E-state index contributed by atoms with van der Waals surface area (Å²) in [5, 5.41) is 6.13. The number of aryl methyl sites for hydroxylation is 2. The van der Waals surface area contributed by atoms with Crippen molar-refractivity contribution in [1.29, 1.82) is 0 Å². The van der Waals surface area contributed by atoms with Crippen molar-refractivity contribution in [2.45, 2.75) is 20.3 Å². The minimum atomic E-state index is -0.151. The van der Waals surface area contributed by atoms with Gasteiger partial charge in [-0.1, -0.05) is 35.4 Å². The fourth-order valence-electron chi connectivity index (χ4n) is 2.37. The van der Waals surface area contributed by atoms with E-state index in [1.54, 1.807) is 23.5 Å². The van der Waals surface area contributed by atoms with Gasteiger partial charge in [-0.2, -0.15) is 0 Å². The van der Waals surface area contributed by atoms with E-state index in [4.69, 9.17) is 11.6 Å². The summed E-state index contributed by atoms with van der Waals surface area (Å²) < 4.78 is 0. The number of hydrogen-bond donors (Lipinski definition) is 1. The third-order valence-corrected chi connectivity index (χ3v) is 4.65. The molecular formula is C18H16ClN3OS. The molecular weight excluding hydrogens is 342 g/mol. The monoisotopic (exact) mass is 357 g/mol. The van der Waals surface area contributed by atoms with Gasteiger partial charge in [-0.25, -0.2) is 9.97 Å². The number of amides is 1. The summed E-state index contributed by atoms with van der Waals surface area (Å²) in [4.78, 5) is 20.7. The van der Waals surface area contributed by atoms with Gasteiger partial charge in [0.15, 0.2) is 0 Å². The molecule has 0 aliphatic carbocycles. The van der Waals surface area contributed by atoms with Gasteiger partial charge in [0.1, 0.15) is 10.8 Å². The van der Waals surface area contributed by atoms with E-state index in [1.807, 2.05) is 5.38 Å². The van der Waals surface area contributed by atoms with Crippen LogP contribution in [0.25, 0.3) is 10.6 Å². The topological polar surface area (TPSA) is 54.9 Å². The lowest BCUT2D eigenvalue weighted by Crippen LogP contribution is -2.15. The second kappa shape index (κ2) is 7.11. The zero-order chi connectivity index (χ0) is 17.1. The molecule has 1 N–H and O–H groups in total. The minimum absolute atomic E-state index is 0.151. The number of carbonyl (C=O) groups excluding carboxylic acids is 1. The Kier molecular flexibility index (Phi) is 4.92. The SMILES string of the molecule is Cc1ccc(-c2nc(CC(=O)Nc3ccc(Cl)cn3)cs2)c(C)c1. The number of carbonyl (C=O) groups is 1. The number of halogens is 1. The predicted octanol–water partition coefficient (Wildman–Crippen LogP) is 4.66. The standard InChI is InChI=1S/C18H16ClN3OS/c1-11-3-5-15(12(2)7-11)18-21-14(10-24-18)8-17(23)22-16-6-4-13(19)9-20-16/h3-7,9-10H,8H2,1-2H3,(H,20,22,23). The average molecular weight is 358 g/mol. The number of thiazole rings is 1. The van der Waals surface area contributed by atoms with E-state index in [2.05, 4.69) is 47.3 Å². The molecule has 0 fully saturated rings. The van der Waals surface area contributed by atoms with Crippen molar-refractivity contribution in [2.75, 3.05) is 5.32 Å². The molecule has 0 unspecified atom stereocenters. The molecule has 2 aromatic heterocycles. The molecule has 1 aromatic carbocycles. The van der Waals surface area contributed by atoms with Crippen LogP contribution < -0.4 is 5.32 Å². The molecule has 0 atom stereocenters. The maximum Gasteiger partial charge on any atom is 0.231 e. The predicted molar refractivity (Wildman–Crippen MR) is 98.6 cm³/mol. The summed E-state index contributed by atoms with van der Waals surface area (Å²) in [6.45, 7) is 4.14. The van der Waals surface area contributed by atoms with Gasteiger partial charge in [-0.3, -0.25) is 4.79 Å². The van der Waals surface area contributed by atoms with Crippen LogP contribution in [-0.2, 0) is 11.2 Å². The van der Waals surface area contributed by atoms with E-state index < -0.39 is 0 Å². The first kappa shape index (κ1) is 16.6. The van der Waals surface area contributed by atoms with Gasteiger partial charge < -0.3 is 5.32 Å². The van der Waals surface area contributed by atoms with Crippen LogP contribution in [0.3, 0.4) is 0 Å². The molecule has 6 heteroatoms. The van der Waals surface area contributed by atoms with Crippen LogP contribution in [0.2, 0.25) is 5.02 Å². The van der Waals surface area contributed by atoms with Crippen LogP contribution in [-0.4, -0.2) is 15.9 Å². The van der Waals surface area contributed by atoms with Crippen LogP contribution >= 0.6 is 22.9 Å². The Bertz CT molecular complexity index is 874. The van der Waals surface area contributed by atoms with Gasteiger partial charge in [-0.05, 0) is 31.5 Å². The van der Waals surface area contributed by atoms with E-state index in [9.17, 15) is 4.79 Å². The summed E-state index contributed by atoms with van der Waals surface area (Å²) in [7, 11) is 0. The molecule has 0 radical (unpaired) electrons. The highest BCUT2D eigenvalue weighted by Gasteiger charge is 2.11. The maximum absolute atomic E-state index is 12.1. The number of nitrogens with one attached hydrogen (secondary N) is 1. The molecule has 0 bridgehead atoms. The van der Waals surface area contributed by atoms with Gasteiger partial charge in [0.25, 0.3) is 0 Å². The molecule has 3 rings (SSSR count). The molecule has 3 aromatic rings. The molecule has 1 amide bonds. The highest BCUT2D eigenvalue weighted by molar-refractivity contribution is 7.13. The molecule has 0 aliphatic rings. The molecule has 4 nitrogen and oxygen atoms in total. The number of nitrogens with zero attached hydrogens (tertiary/aromatic N) is 2. The number of anilines is 1. The largest absolute Gasteiger partial charge is 0.310 e. The van der Waals surface area contributed by atoms with Crippen molar-refractivity contribution in [3.8, 4) is 10.6 Å². The first-order chi connectivity index (χ1) is 11.5. The molecule has 0 saturated carbocycles. The van der Waals surface area contributed by atoms with Gasteiger partial charge >= 0.3 is 0 Å². The Morgan fingerprint density at radius 3 is 2.79 bits per heavy atom. The molecule has 0 saturated heterocycles. The van der Waals surface area contributed by atoms with E-state index in [0.717, 1.165) is 16.3 Å². The van der Waals surface area contributed by atoms with Gasteiger partial charge in [-0.15, -0.1) is 11.3 Å². The Hall–Kier alpha value is -2.24. The minimum Gasteiger partial charge on any atom is -0.310 e. The normalized spacial score (nSPS) is 10.6. The zero-order valence-corrected chi connectivity index (χ0v) is 14.9. The lowest BCUT2D eigenvalue weighted by atomic mass is 10.1. The van der Waals surface area contributed by atoms with Crippen molar-refractivity contribution in [3.63, 3.8) is 0 Å². The Labute approximate surface area is 149 Å². The molecule has 2 heterocycles. The second-order valence-corrected chi connectivity index (χ2v) is 6.84. The van der Waals surface area contributed by atoms with E-state index in [0.29, 0.717) is 10.8 Å². The van der Waals surface area contributed by atoms with Crippen LogP contribution in [0.1, 0.15) is 16.8 Å². The fourth-order valence-corrected chi connectivity index (χ4v) is 3.39. The Morgan fingerprint density at radius 1 is 1.25 bits per heavy atom. The summed E-state index contributed by atoms with van der Waals surface area (Å²) in [5.74, 6) is 0.330. The summed E-state index contributed by atoms with van der Waals surface area (Å²) in [6.07, 6.45) is 1.71. The van der Waals surface area contributed by atoms with E-state index >= 15 is 0 Å². The number of pyridine rings is 1. The average Bonchev–Trinajstić information content (AvgIpc) is 2.97. The van der Waals surface area contributed by atoms with Crippen molar-refractivity contribution in [1.82, 2.24) is 9.97 Å². The van der Waals surface area contributed by atoms with Crippen LogP contribution in [0, 0.1) is 13.8 Å². The molecule has 0 aliphatic heterocycles. The number of rotatable bonds is 4. The number of benzene rings is 1. The maximum atomic E-state index is 12.1. The van der Waals surface area contributed by atoms with Gasteiger partial charge in [0.2, 0.25) is 5.91 Å². The highest BCUT2D eigenvalue weighted by atomic mass is 35.5. The van der Waals surface area contributed by atoms with Gasteiger partial charge in [0, 0.05) is 17.1 Å². The summed E-state index contributed by atoms with van der Waals surface area (Å²) in [6, 6.07) is 9.64. The Morgan fingerprint density at radius 2 is 2.08 bits per heavy atom. The second-order valence-electron chi connectivity index (χ2n) is 5.55. The van der Waals surface area contributed by atoms with Gasteiger partial charge in [0.05, 0.1) is 17.1 Å². The molecule has 122 valence electrons. The smallest absolute Gasteiger partial charge is 0.231 e. The van der Waals surface area contributed by atoms with E-state index in [1.165, 1.54) is 17.3 Å². The fraction of sp³-hybridized carbons (Fsp3) is 0.167. The van der Waals surface area contributed by atoms with Crippen LogP contribution in [0.4, 0.5) is 5.82 Å². The first-order valence-electron chi connectivity index (χ1n) is 7.45. The number of aromatic nitrogens is 2. The lowest BCUT2D eigenvalue weighted by Gasteiger charge is -2.04. The molecule has 0 spiro atoms.